The highest BCUT2D eigenvalue weighted by Gasteiger charge is 2.30. The molecule has 2 heterocycles. The zero-order valence-corrected chi connectivity index (χ0v) is 20.0. The van der Waals surface area contributed by atoms with Crippen LogP contribution in [0.4, 0.5) is 0 Å². The van der Waals surface area contributed by atoms with Crippen LogP contribution in [-0.2, 0) is 15.9 Å². The van der Waals surface area contributed by atoms with Crippen molar-refractivity contribution in [2.24, 2.45) is 5.92 Å². The van der Waals surface area contributed by atoms with Crippen molar-refractivity contribution in [3.05, 3.63) is 89.5 Å². The lowest BCUT2D eigenvalue weighted by Gasteiger charge is -2.28. The third kappa shape index (κ3) is 5.83. The highest BCUT2D eigenvalue weighted by molar-refractivity contribution is 5.91. The summed E-state index contributed by atoms with van der Waals surface area (Å²) in [6.45, 7) is 1.84. The number of hydrogen-bond donors (Lipinski definition) is 0. The van der Waals surface area contributed by atoms with Gasteiger partial charge in [0.15, 0.2) is 0 Å². The van der Waals surface area contributed by atoms with Gasteiger partial charge < -0.3 is 14.2 Å². The highest BCUT2D eigenvalue weighted by atomic mass is 16.6. The van der Waals surface area contributed by atoms with E-state index in [1.165, 1.54) is 43.2 Å². The van der Waals surface area contributed by atoms with Gasteiger partial charge in [-0.15, -0.1) is 0 Å². The second-order valence-corrected chi connectivity index (χ2v) is 10.3. The molecule has 0 spiro atoms. The Bertz CT molecular complexity index is 1130. The van der Waals surface area contributed by atoms with Gasteiger partial charge in [0.05, 0.1) is 31.0 Å². The second kappa shape index (κ2) is 9.96. The molecule has 0 N–H and O–H groups in total. The normalized spacial score (nSPS) is 25.1. The number of epoxide rings is 2. The van der Waals surface area contributed by atoms with Gasteiger partial charge >= 0.3 is 5.97 Å². The maximum Gasteiger partial charge on any atom is 0.343 e. The standard InChI is InChI=1S/C31H32O4/c32-31(27-11-9-25(10-12-27)23-5-1-21(2-6-23)17-29-19-33-29)35-28-15-13-26(14-16-28)24-7-3-22(4-8-24)18-30-20-34-30/h3-4,7-16,21,23,29-30H,1-2,5-6,17-20H2. The van der Waals surface area contributed by atoms with Crippen molar-refractivity contribution in [2.45, 2.75) is 56.7 Å². The Kier molecular flexibility index (Phi) is 6.41. The molecule has 3 aromatic rings. The summed E-state index contributed by atoms with van der Waals surface area (Å²) in [7, 11) is 0. The Morgan fingerprint density at radius 1 is 0.743 bits per heavy atom. The van der Waals surface area contributed by atoms with E-state index in [0.29, 0.717) is 29.4 Å². The van der Waals surface area contributed by atoms with Gasteiger partial charge in [0.1, 0.15) is 5.75 Å². The summed E-state index contributed by atoms with van der Waals surface area (Å²) in [5.74, 6) is 1.66. The first kappa shape index (κ1) is 22.5. The van der Waals surface area contributed by atoms with E-state index in [4.69, 9.17) is 14.2 Å². The molecule has 4 heteroatoms. The number of carbonyl (C=O) groups excluding carboxylic acids is 1. The lowest BCUT2D eigenvalue weighted by molar-refractivity contribution is 0.0734. The molecule has 0 amide bonds. The molecule has 0 aromatic heterocycles. The van der Waals surface area contributed by atoms with Crippen LogP contribution in [0.15, 0.2) is 72.8 Å². The second-order valence-electron chi connectivity index (χ2n) is 10.3. The number of benzene rings is 3. The van der Waals surface area contributed by atoms with Crippen molar-refractivity contribution in [3.63, 3.8) is 0 Å². The minimum atomic E-state index is -0.316. The van der Waals surface area contributed by atoms with E-state index in [1.807, 2.05) is 36.4 Å². The van der Waals surface area contributed by atoms with Gasteiger partial charge in [-0.1, -0.05) is 48.5 Å². The van der Waals surface area contributed by atoms with E-state index in [0.717, 1.165) is 36.7 Å². The van der Waals surface area contributed by atoms with E-state index in [9.17, 15) is 4.79 Å². The lowest BCUT2D eigenvalue weighted by Crippen LogP contribution is -2.15. The third-order valence-electron chi connectivity index (χ3n) is 7.68. The summed E-state index contributed by atoms with van der Waals surface area (Å²) in [5, 5.41) is 0. The molecule has 2 atom stereocenters. The highest BCUT2D eigenvalue weighted by Crippen LogP contribution is 2.39. The number of esters is 1. The Balaban J connectivity index is 1.02. The molecule has 2 unspecified atom stereocenters. The van der Waals surface area contributed by atoms with E-state index < -0.39 is 0 Å². The predicted octanol–water partition coefficient (Wildman–Crippen LogP) is 6.58. The summed E-state index contributed by atoms with van der Waals surface area (Å²) in [6, 6.07) is 24.3. The summed E-state index contributed by atoms with van der Waals surface area (Å²) in [5.41, 5.74) is 5.47. The number of ether oxygens (including phenoxy) is 3. The molecule has 1 aliphatic carbocycles. The number of carbonyl (C=O) groups is 1. The Labute approximate surface area is 207 Å². The maximum absolute atomic E-state index is 12.7. The van der Waals surface area contributed by atoms with E-state index in [-0.39, 0.29) is 5.97 Å². The molecule has 2 saturated heterocycles. The van der Waals surface area contributed by atoms with Crippen LogP contribution in [0.1, 0.15) is 59.5 Å². The molecule has 6 rings (SSSR count). The molecular weight excluding hydrogens is 436 g/mol. The maximum atomic E-state index is 12.7. The predicted molar refractivity (Wildman–Crippen MR) is 136 cm³/mol. The Morgan fingerprint density at radius 3 is 1.94 bits per heavy atom. The quantitative estimate of drug-likeness (QED) is 0.213. The van der Waals surface area contributed by atoms with Crippen molar-refractivity contribution >= 4 is 5.97 Å². The van der Waals surface area contributed by atoms with Crippen molar-refractivity contribution in [2.75, 3.05) is 13.2 Å². The molecule has 2 aliphatic heterocycles. The fraction of sp³-hybridized carbons (Fsp3) is 0.387. The van der Waals surface area contributed by atoms with E-state index in [1.54, 1.807) is 0 Å². The van der Waals surface area contributed by atoms with Gasteiger partial charge in [0.2, 0.25) is 0 Å². The molecule has 1 saturated carbocycles. The topological polar surface area (TPSA) is 51.4 Å². The van der Waals surface area contributed by atoms with Crippen LogP contribution in [0.5, 0.6) is 5.75 Å². The summed E-state index contributed by atoms with van der Waals surface area (Å²) in [6.07, 6.45) is 8.18. The monoisotopic (exact) mass is 468 g/mol. The van der Waals surface area contributed by atoms with Crippen LogP contribution in [0.3, 0.4) is 0 Å². The SMILES string of the molecule is O=C(Oc1ccc(-c2ccc(CC3CO3)cc2)cc1)c1ccc(C2CCC(CC3CO3)CC2)cc1. The average Bonchev–Trinajstić information content (AvgIpc) is 3.84. The number of rotatable bonds is 8. The van der Waals surface area contributed by atoms with Crippen LogP contribution in [-0.4, -0.2) is 31.4 Å². The molecular formula is C31H32O4. The van der Waals surface area contributed by atoms with Crippen LogP contribution in [0.2, 0.25) is 0 Å². The Morgan fingerprint density at radius 2 is 1.34 bits per heavy atom. The van der Waals surface area contributed by atoms with Crippen molar-refractivity contribution < 1.29 is 19.0 Å². The summed E-state index contributed by atoms with van der Waals surface area (Å²) in [4.78, 5) is 12.7. The van der Waals surface area contributed by atoms with E-state index in [2.05, 4.69) is 36.4 Å². The first-order valence-corrected chi connectivity index (χ1v) is 12.9. The molecule has 0 bridgehead atoms. The van der Waals surface area contributed by atoms with Crippen molar-refractivity contribution in [1.82, 2.24) is 0 Å². The molecule has 3 aromatic carbocycles. The Hall–Kier alpha value is -2.95. The molecule has 3 fully saturated rings. The van der Waals surface area contributed by atoms with Crippen LogP contribution in [0, 0.1) is 5.92 Å². The fourth-order valence-electron chi connectivity index (χ4n) is 5.36. The van der Waals surface area contributed by atoms with Gasteiger partial charge in [-0.05, 0) is 90.5 Å². The van der Waals surface area contributed by atoms with Gasteiger partial charge in [0, 0.05) is 6.42 Å². The first-order valence-electron chi connectivity index (χ1n) is 12.9. The van der Waals surface area contributed by atoms with Crippen molar-refractivity contribution in [3.8, 4) is 16.9 Å². The lowest BCUT2D eigenvalue weighted by atomic mass is 9.77. The molecule has 35 heavy (non-hydrogen) atoms. The van der Waals surface area contributed by atoms with Gasteiger partial charge in [0.25, 0.3) is 0 Å². The minimum Gasteiger partial charge on any atom is -0.423 e. The summed E-state index contributed by atoms with van der Waals surface area (Å²) >= 11 is 0. The smallest absolute Gasteiger partial charge is 0.343 e. The minimum absolute atomic E-state index is 0.316. The fourth-order valence-corrected chi connectivity index (χ4v) is 5.36. The van der Waals surface area contributed by atoms with Crippen LogP contribution >= 0.6 is 0 Å². The molecule has 180 valence electrons. The summed E-state index contributed by atoms with van der Waals surface area (Å²) < 4.78 is 16.3. The molecule has 4 nitrogen and oxygen atoms in total. The molecule has 0 radical (unpaired) electrons. The molecule has 3 aliphatic rings. The average molecular weight is 469 g/mol. The van der Waals surface area contributed by atoms with Crippen molar-refractivity contribution in [1.29, 1.82) is 0 Å². The van der Waals surface area contributed by atoms with Crippen LogP contribution < -0.4 is 4.74 Å². The van der Waals surface area contributed by atoms with Gasteiger partial charge in [-0.3, -0.25) is 0 Å². The zero-order valence-electron chi connectivity index (χ0n) is 20.0. The van der Waals surface area contributed by atoms with Gasteiger partial charge in [-0.2, -0.15) is 0 Å². The van der Waals surface area contributed by atoms with Crippen LogP contribution in [0.25, 0.3) is 11.1 Å². The van der Waals surface area contributed by atoms with E-state index >= 15 is 0 Å². The van der Waals surface area contributed by atoms with Gasteiger partial charge in [-0.25, -0.2) is 4.79 Å². The number of hydrogen-bond acceptors (Lipinski definition) is 4. The third-order valence-corrected chi connectivity index (χ3v) is 7.68. The largest absolute Gasteiger partial charge is 0.423 e. The zero-order chi connectivity index (χ0) is 23.6. The first-order chi connectivity index (χ1) is 17.2.